The smallest absolute Gasteiger partial charge is 0.261 e. The highest BCUT2D eigenvalue weighted by Gasteiger charge is 2.49. The molecule has 5 aromatic rings. The lowest BCUT2D eigenvalue weighted by molar-refractivity contribution is 0.112. The van der Waals surface area contributed by atoms with Crippen molar-refractivity contribution >= 4 is 54.2 Å². The van der Waals surface area contributed by atoms with Gasteiger partial charge in [0.25, 0.3) is 8.32 Å². The Kier molecular flexibility index (Phi) is 13.4. The Balaban J connectivity index is 1.33. The number of hydrogen-bond donors (Lipinski definition) is 0. The Morgan fingerprint density at radius 1 is 0.720 bits per heavy atom. The third-order valence-corrected chi connectivity index (χ3v) is 15.1. The highest BCUT2D eigenvalue weighted by molar-refractivity contribution is 7.14. The van der Waals surface area contributed by atoms with E-state index in [1.165, 1.54) is 27.4 Å². The van der Waals surface area contributed by atoms with Gasteiger partial charge in [-0.25, -0.2) is 0 Å². The van der Waals surface area contributed by atoms with Crippen LogP contribution in [0.4, 0.5) is 5.69 Å². The van der Waals surface area contributed by atoms with Crippen LogP contribution in [0, 0.1) is 0 Å². The molecule has 1 aromatic heterocycles. The first kappa shape index (κ1) is 37.0. The van der Waals surface area contributed by atoms with E-state index in [0.717, 1.165) is 78.3 Å². The molecule has 0 saturated carbocycles. The van der Waals surface area contributed by atoms with E-state index in [2.05, 4.69) is 136 Å². The predicted octanol–water partition coefficient (Wildman–Crippen LogP) is 10.3. The molecule has 0 amide bonds. The number of thiophene rings is 1. The second kappa shape index (κ2) is 18.1. The molecule has 0 fully saturated rings. The zero-order valence-electron chi connectivity index (χ0n) is 30.0. The third-order valence-electron chi connectivity index (χ3n) is 9.13. The van der Waals surface area contributed by atoms with Gasteiger partial charge in [-0.3, -0.25) is 4.79 Å². The molecule has 1 heterocycles. The van der Waals surface area contributed by atoms with Crippen LogP contribution in [-0.2, 0) is 11.0 Å². The number of nitrogens with zero attached hydrogens (tertiary/aromatic N) is 1. The first-order valence-electron chi connectivity index (χ1n) is 17.9. The zero-order chi connectivity index (χ0) is 35.2. The summed E-state index contributed by atoms with van der Waals surface area (Å²) in [7, 11) is -2.55. The van der Waals surface area contributed by atoms with Crippen LogP contribution in [0.3, 0.4) is 0 Å². The molecular weight excluding hydrogens is 651 g/mol. The minimum absolute atomic E-state index is 0.0323. The number of hydrogen-bond acceptors (Lipinski definition) is 5. The lowest BCUT2D eigenvalue weighted by Gasteiger charge is -2.43. The van der Waals surface area contributed by atoms with Crippen LogP contribution < -0.4 is 20.0 Å². The van der Waals surface area contributed by atoms with Gasteiger partial charge in [-0.2, -0.15) is 0 Å². The monoisotopic (exact) mass is 701 g/mol. The molecule has 4 nitrogen and oxygen atoms in total. The summed E-state index contributed by atoms with van der Waals surface area (Å²) in [6, 6.07) is 42.5. The number of anilines is 1. The standard InChI is InChI=1S/C44H51NO3SSi/c1-5-6-30-45(31-16-17-32-48-50(44(2,3)4,41-20-12-8-13-21-41)42-22-14-9-15-23-42)38-26-24-37(25-27-39-28-29-40(34-46)49-39)43(33-38)47-35-36-18-10-7-11-19-36/h7-15,18-29,33-34H,5-6,16-17,30-32,35H2,1-4H3. The SMILES string of the molecule is CCCCN(CCCCO[Si](c1ccccc1)(c1ccccc1)C(C)(C)C)c1ccc(C=Cc2ccc(C=O)s2)c(OCc2ccccc2)c1. The van der Waals surface area contributed by atoms with Gasteiger partial charge in [-0.05, 0) is 76.7 Å². The van der Waals surface area contributed by atoms with E-state index in [4.69, 9.17) is 9.16 Å². The van der Waals surface area contributed by atoms with Crippen molar-refractivity contribution < 1.29 is 14.0 Å². The number of unbranched alkanes of at least 4 members (excludes halogenated alkanes) is 2. The van der Waals surface area contributed by atoms with Crippen molar-refractivity contribution in [3.05, 3.63) is 142 Å². The molecule has 0 bridgehead atoms. The number of aldehydes is 1. The molecule has 0 aliphatic heterocycles. The summed E-state index contributed by atoms with van der Waals surface area (Å²) in [5, 5.41) is 2.61. The van der Waals surface area contributed by atoms with Gasteiger partial charge in [0.2, 0.25) is 0 Å². The molecule has 50 heavy (non-hydrogen) atoms. The Bertz CT molecular complexity index is 1740. The summed E-state index contributed by atoms with van der Waals surface area (Å²) < 4.78 is 13.7. The van der Waals surface area contributed by atoms with Gasteiger partial charge in [0.1, 0.15) is 12.4 Å². The van der Waals surface area contributed by atoms with Gasteiger partial charge in [-0.15, -0.1) is 11.3 Å². The van der Waals surface area contributed by atoms with Crippen LogP contribution in [0.2, 0.25) is 5.04 Å². The Hall–Kier alpha value is -4.23. The maximum absolute atomic E-state index is 11.2. The maximum Gasteiger partial charge on any atom is 0.261 e. The molecule has 0 N–H and O–H groups in total. The maximum atomic E-state index is 11.2. The highest BCUT2D eigenvalue weighted by atomic mass is 32.1. The van der Waals surface area contributed by atoms with Gasteiger partial charge in [0.05, 0.1) is 4.88 Å². The fourth-order valence-corrected chi connectivity index (χ4v) is 11.9. The number of rotatable bonds is 18. The molecule has 5 rings (SSSR count). The summed E-state index contributed by atoms with van der Waals surface area (Å²) >= 11 is 1.49. The molecule has 6 heteroatoms. The molecule has 0 radical (unpaired) electrons. The second-order valence-corrected chi connectivity index (χ2v) is 19.2. The van der Waals surface area contributed by atoms with Gasteiger partial charge in [0.15, 0.2) is 6.29 Å². The van der Waals surface area contributed by atoms with E-state index in [1.807, 2.05) is 30.3 Å². The molecule has 0 atom stereocenters. The lowest BCUT2D eigenvalue weighted by atomic mass is 10.1. The molecule has 0 unspecified atom stereocenters. The summed E-state index contributed by atoms with van der Waals surface area (Å²) in [5.74, 6) is 0.853. The fraction of sp³-hybridized carbons (Fsp3) is 0.295. The van der Waals surface area contributed by atoms with Crippen LogP contribution >= 0.6 is 11.3 Å². The van der Waals surface area contributed by atoms with Crippen molar-refractivity contribution in [1.82, 2.24) is 0 Å². The van der Waals surface area contributed by atoms with Crippen molar-refractivity contribution in [2.45, 2.75) is 65.0 Å². The quantitative estimate of drug-likeness (QED) is 0.0518. The summed E-state index contributed by atoms with van der Waals surface area (Å²) in [6.07, 6.45) is 9.31. The van der Waals surface area contributed by atoms with E-state index in [1.54, 1.807) is 0 Å². The minimum Gasteiger partial charge on any atom is -0.488 e. The number of carbonyl (C=O) groups is 1. The summed E-state index contributed by atoms with van der Waals surface area (Å²) in [6.45, 7) is 12.4. The van der Waals surface area contributed by atoms with Crippen molar-refractivity contribution in [2.75, 3.05) is 24.6 Å². The molecule has 260 valence electrons. The second-order valence-electron chi connectivity index (χ2n) is 13.7. The normalized spacial score (nSPS) is 11.9. The first-order valence-corrected chi connectivity index (χ1v) is 20.6. The zero-order valence-corrected chi connectivity index (χ0v) is 31.8. The largest absolute Gasteiger partial charge is 0.488 e. The summed E-state index contributed by atoms with van der Waals surface area (Å²) in [4.78, 5) is 15.5. The lowest BCUT2D eigenvalue weighted by Crippen LogP contribution is -2.66. The van der Waals surface area contributed by atoms with Gasteiger partial charge >= 0.3 is 0 Å². The van der Waals surface area contributed by atoms with Crippen LogP contribution in [-0.4, -0.2) is 34.3 Å². The van der Waals surface area contributed by atoms with E-state index in [-0.39, 0.29) is 5.04 Å². The van der Waals surface area contributed by atoms with Crippen LogP contribution in [0.1, 0.15) is 79.1 Å². The first-order chi connectivity index (χ1) is 24.3. The minimum atomic E-state index is -2.55. The molecule has 0 aliphatic carbocycles. The molecule has 0 aliphatic rings. The van der Waals surface area contributed by atoms with Crippen molar-refractivity contribution in [3.8, 4) is 5.75 Å². The van der Waals surface area contributed by atoms with Gasteiger partial charge in [0, 0.05) is 41.9 Å². The van der Waals surface area contributed by atoms with Crippen LogP contribution in [0.25, 0.3) is 12.2 Å². The molecular formula is C44H51NO3SSi. The number of ether oxygens (including phenoxy) is 1. The summed E-state index contributed by atoms with van der Waals surface area (Å²) in [5.41, 5.74) is 3.32. The van der Waals surface area contributed by atoms with E-state index in [0.29, 0.717) is 6.61 Å². The van der Waals surface area contributed by atoms with Crippen LogP contribution in [0.5, 0.6) is 5.75 Å². The topological polar surface area (TPSA) is 38.8 Å². The van der Waals surface area contributed by atoms with Gasteiger partial charge < -0.3 is 14.1 Å². The van der Waals surface area contributed by atoms with Gasteiger partial charge in [-0.1, -0.05) is 125 Å². The number of benzene rings is 4. The molecule has 0 spiro atoms. The average Bonchev–Trinajstić information content (AvgIpc) is 3.61. The average molecular weight is 702 g/mol. The third kappa shape index (κ3) is 9.51. The van der Waals surface area contributed by atoms with Crippen molar-refractivity contribution in [1.29, 1.82) is 0 Å². The van der Waals surface area contributed by atoms with Crippen molar-refractivity contribution in [3.63, 3.8) is 0 Å². The van der Waals surface area contributed by atoms with E-state index in [9.17, 15) is 4.79 Å². The fourth-order valence-electron chi connectivity index (χ4n) is 6.52. The van der Waals surface area contributed by atoms with Crippen molar-refractivity contribution in [2.24, 2.45) is 0 Å². The van der Waals surface area contributed by atoms with E-state index >= 15 is 0 Å². The Morgan fingerprint density at radius 3 is 1.94 bits per heavy atom. The Labute approximate surface area is 304 Å². The highest BCUT2D eigenvalue weighted by Crippen LogP contribution is 2.37. The predicted molar refractivity (Wildman–Crippen MR) is 216 cm³/mol. The molecule has 0 saturated heterocycles. The Morgan fingerprint density at radius 2 is 1.34 bits per heavy atom. The van der Waals surface area contributed by atoms with Crippen LogP contribution in [0.15, 0.2) is 121 Å². The molecule has 4 aromatic carbocycles. The number of carbonyl (C=O) groups excluding carboxylic acids is 1. The van der Waals surface area contributed by atoms with E-state index < -0.39 is 8.32 Å².